The van der Waals surface area contributed by atoms with Gasteiger partial charge < -0.3 is 5.11 Å². The number of aliphatic hydroxyl groups is 1. The minimum Gasteiger partial charge on any atom is -0.374 e. The summed E-state index contributed by atoms with van der Waals surface area (Å²) in [7, 11) is 0. The number of hydrogen-bond donors (Lipinski definition) is 1. The lowest BCUT2D eigenvalue weighted by Gasteiger charge is -2.05. The number of benzene rings is 2. The zero-order valence-corrected chi connectivity index (χ0v) is 15.7. The first-order valence-electron chi connectivity index (χ1n) is 8.71. The van der Waals surface area contributed by atoms with Crippen molar-refractivity contribution in [3.8, 4) is 0 Å². The first-order chi connectivity index (χ1) is 13.8. The topological polar surface area (TPSA) is 68.0 Å². The molecule has 2 heterocycles. The summed E-state index contributed by atoms with van der Waals surface area (Å²) in [6.07, 6.45) is 6.39. The molecule has 138 valence electrons. The number of hydrogen-bond acceptors (Lipinski definition) is 5. The lowest BCUT2D eigenvalue weighted by Crippen LogP contribution is -1.98. The Balaban J connectivity index is 1.70. The molecule has 0 saturated carbocycles. The molecule has 6 heteroatoms. The van der Waals surface area contributed by atoms with Crippen molar-refractivity contribution in [2.45, 2.75) is 16.5 Å². The molecule has 0 aliphatic heterocycles. The van der Waals surface area contributed by atoms with E-state index in [1.807, 2.05) is 66.7 Å². The van der Waals surface area contributed by atoms with Crippen molar-refractivity contribution < 1.29 is 9.90 Å². The highest BCUT2D eigenvalue weighted by Gasteiger charge is 2.10. The van der Waals surface area contributed by atoms with Gasteiger partial charge in [-0.15, -0.1) is 0 Å². The second-order valence-corrected chi connectivity index (χ2v) is 7.17. The standard InChI is InChI=1S/C22H17N3O2S/c26-14-16-5-1-2-7-22(16)28-18-9-10-19-20(24-25(15-27)21(19)13-18)11-8-17-6-3-4-12-23-17/h1-14,27H,15H2/b11-8+. The molecule has 0 radical (unpaired) electrons. The van der Waals surface area contributed by atoms with Gasteiger partial charge in [-0.1, -0.05) is 36.0 Å². The van der Waals surface area contributed by atoms with Crippen molar-refractivity contribution in [1.29, 1.82) is 0 Å². The van der Waals surface area contributed by atoms with Crippen molar-refractivity contribution in [1.82, 2.24) is 14.8 Å². The Morgan fingerprint density at radius 1 is 1.04 bits per heavy atom. The Labute approximate surface area is 166 Å². The summed E-state index contributed by atoms with van der Waals surface area (Å²) in [5.41, 5.74) is 3.09. The normalized spacial score (nSPS) is 11.3. The molecule has 0 amide bonds. The highest BCUT2D eigenvalue weighted by atomic mass is 32.2. The Bertz CT molecular complexity index is 1150. The van der Waals surface area contributed by atoms with Crippen molar-refractivity contribution >= 4 is 41.1 Å². The fourth-order valence-electron chi connectivity index (χ4n) is 2.91. The highest BCUT2D eigenvalue weighted by molar-refractivity contribution is 7.99. The SMILES string of the molecule is O=Cc1ccccc1Sc1ccc2c(/C=C/c3ccccn3)nn(CO)c2c1. The summed E-state index contributed by atoms with van der Waals surface area (Å²) < 4.78 is 1.56. The van der Waals surface area contributed by atoms with Crippen LogP contribution in [0.3, 0.4) is 0 Å². The third-order valence-electron chi connectivity index (χ3n) is 4.26. The number of rotatable bonds is 6. The third-order valence-corrected chi connectivity index (χ3v) is 5.34. The van der Waals surface area contributed by atoms with E-state index in [0.29, 0.717) is 5.56 Å². The molecule has 2 aromatic heterocycles. The summed E-state index contributed by atoms with van der Waals surface area (Å²) in [6.45, 7) is -0.215. The van der Waals surface area contributed by atoms with E-state index in [0.717, 1.165) is 38.4 Å². The number of pyridine rings is 1. The lowest BCUT2D eigenvalue weighted by atomic mass is 10.2. The van der Waals surface area contributed by atoms with E-state index in [-0.39, 0.29) is 6.73 Å². The van der Waals surface area contributed by atoms with Crippen LogP contribution in [0.25, 0.3) is 23.1 Å². The molecule has 4 rings (SSSR count). The van der Waals surface area contributed by atoms with Crippen molar-refractivity contribution in [3.63, 3.8) is 0 Å². The molecule has 0 saturated heterocycles. The van der Waals surface area contributed by atoms with Crippen molar-refractivity contribution in [2.24, 2.45) is 0 Å². The first-order valence-corrected chi connectivity index (χ1v) is 9.53. The molecule has 0 aliphatic rings. The van der Waals surface area contributed by atoms with Gasteiger partial charge in [0.25, 0.3) is 0 Å². The quantitative estimate of drug-likeness (QED) is 0.493. The summed E-state index contributed by atoms with van der Waals surface area (Å²) in [6, 6.07) is 19.1. The molecule has 5 nitrogen and oxygen atoms in total. The minimum atomic E-state index is -0.215. The zero-order chi connectivity index (χ0) is 19.3. The monoisotopic (exact) mass is 387 g/mol. The van der Waals surface area contributed by atoms with E-state index in [2.05, 4.69) is 10.1 Å². The number of carbonyl (C=O) groups excluding carboxylic acids is 1. The molecule has 2 aromatic carbocycles. The number of carbonyl (C=O) groups is 1. The highest BCUT2D eigenvalue weighted by Crippen LogP contribution is 2.33. The number of fused-ring (bicyclic) bond motifs is 1. The minimum absolute atomic E-state index is 0.215. The van der Waals surface area contributed by atoms with Crippen LogP contribution in [0.15, 0.2) is 76.7 Å². The van der Waals surface area contributed by atoms with Gasteiger partial charge in [0.15, 0.2) is 6.29 Å². The molecular formula is C22H17N3O2S. The third kappa shape index (κ3) is 3.74. The van der Waals surface area contributed by atoms with Crippen LogP contribution in [0, 0.1) is 0 Å². The van der Waals surface area contributed by atoms with Gasteiger partial charge in [0.05, 0.1) is 16.9 Å². The molecule has 0 fully saturated rings. The number of nitrogens with zero attached hydrogens (tertiary/aromatic N) is 3. The summed E-state index contributed by atoms with van der Waals surface area (Å²) in [5.74, 6) is 0. The second kappa shape index (κ2) is 8.21. The van der Waals surface area contributed by atoms with Crippen molar-refractivity contribution in [3.05, 3.63) is 83.8 Å². The van der Waals surface area contributed by atoms with Gasteiger partial charge in [-0.3, -0.25) is 9.78 Å². The average Bonchev–Trinajstić information content (AvgIpc) is 3.10. The Hall–Kier alpha value is -3.22. The van der Waals surface area contributed by atoms with Gasteiger partial charge in [0.2, 0.25) is 0 Å². The summed E-state index contributed by atoms with van der Waals surface area (Å²) in [4.78, 5) is 17.4. The summed E-state index contributed by atoms with van der Waals surface area (Å²) in [5, 5.41) is 15.1. The zero-order valence-electron chi connectivity index (χ0n) is 14.9. The van der Waals surface area contributed by atoms with Crippen LogP contribution in [0.4, 0.5) is 0 Å². The molecule has 0 atom stereocenters. The number of aromatic nitrogens is 3. The van der Waals surface area contributed by atoms with Gasteiger partial charge in [-0.25, -0.2) is 4.68 Å². The smallest absolute Gasteiger partial charge is 0.151 e. The predicted octanol–water partition coefficient (Wildman–Crippen LogP) is 4.52. The van der Waals surface area contributed by atoms with E-state index in [4.69, 9.17) is 0 Å². The molecule has 0 spiro atoms. The lowest BCUT2D eigenvalue weighted by molar-refractivity contribution is 0.112. The molecule has 4 aromatic rings. The van der Waals surface area contributed by atoms with E-state index in [9.17, 15) is 9.90 Å². The molecule has 0 aliphatic carbocycles. The van der Waals surface area contributed by atoms with Gasteiger partial charge in [0.1, 0.15) is 6.73 Å². The molecule has 0 bridgehead atoms. The van der Waals surface area contributed by atoms with E-state index in [1.54, 1.807) is 16.9 Å². The number of aliphatic hydroxyl groups excluding tert-OH is 1. The van der Waals surface area contributed by atoms with E-state index >= 15 is 0 Å². The maximum absolute atomic E-state index is 11.2. The largest absolute Gasteiger partial charge is 0.374 e. The van der Waals surface area contributed by atoms with E-state index < -0.39 is 0 Å². The Kier molecular flexibility index (Phi) is 5.32. The van der Waals surface area contributed by atoms with E-state index in [1.165, 1.54) is 11.8 Å². The van der Waals surface area contributed by atoms with Gasteiger partial charge in [-0.2, -0.15) is 5.10 Å². The van der Waals surface area contributed by atoms with Gasteiger partial charge in [0, 0.05) is 26.9 Å². The Morgan fingerprint density at radius 3 is 2.68 bits per heavy atom. The molecule has 28 heavy (non-hydrogen) atoms. The van der Waals surface area contributed by atoms with Crippen LogP contribution in [0.2, 0.25) is 0 Å². The second-order valence-electron chi connectivity index (χ2n) is 6.05. The molecule has 1 N–H and O–H groups in total. The van der Waals surface area contributed by atoms with Crippen LogP contribution < -0.4 is 0 Å². The predicted molar refractivity (Wildman–Crippen MR) is 111 cm³/mol. The van der Waals surface area contributed by atoms with Crippen LogP contribution in [-0.2, 0) is 6.73 Å². The molecular weight excluding hydrogens is 370 g/mol. The summed E-state index contributed by atoms with van der Waals surface area (Å²) >= 11 is 1.51. The fourth-order valence-corrected chi connectivity index (χ4v) is 3.85. The van der Waals surface area contributed by atoms with Crippen LogP contribution in [-0.4, -0.2) is 26.2 Å². The van der Waals surface area contributed by atoms with Crippen molar-refractivity contribution in [2.75, 3.05) is 0 Å². The number of aldehydes is 1. The maximum Gasteiger partial charge on any atom is 0.151 e. The van der Waals surface area contributed by atoms with Gasteiger partial charge >= 0.3 is 0 Å². The van der Waals surface area contributed by atoms with Crippen LogP contribution in [0.5, 0.6) is 0 Å². The maximum atomic E-state index is 11.2. The van der Waals surface area contributed by atoms with Crippen LogP contribution in [0.1, 0.15) is 21.7 Å². The van der Waals surface area contributed by atoms with Crippen LogP contribution >= 0.6 is 11.8 Å². The molecule has 0 unspecified atom stereocenters. The first kappa shape index (κ1) is 18.2. The fraction of sp³-hybridized carbons (Fsp3) is 0.0455. The van der Waals surface area contributed by atoms with Gasteiger partial charge in [-0.05, 0) is 48.6 Å². The Morgan fingerprint density at radius 2 is 1.89 bits per heavy atom. The average molecular weight is 387 g/mol.